The van der Waals surface area contributed by atoms with Gasteiger partial charge in [0.2, 0.25) is 0 Å². The Morgan fingerprint density at radius 3 is 2.77 bits per heavy atom. The van der Waals surface area contributed by atoms with Gasteiger partial charge in [0.1, 0.15) is 0 Å². The van der Waals surface area contributed by atoms with Crippen LogP contribution < -0.4 is 0 Å². The normalized spacial score (nSPS) is 37.7. The third-order valence-corrected chi connectivity index (χ3v) is 9.00. The first-order valence-corrected chi connectivity index (χ1v) is 12.0. The van der Waals surface area contributed by atoms with Gasteiger partial charge in [0.25, 0.3) is 0 Å². The van der Waals surface area contributed by atoms with E-state index in [0.717, 1.165) is 44.5 Å². The monoisotopic (exact) mass is 420 g/mol. The van der Waals surface area contributed by atoms with E-state index in [9.17, 15) is 5.11 Å². The van der Waals surface area contributed by atoms with E-state index in [2.05, 4.69) is 67.4 Å². The summed E-state index contributed by atoms with van der Waals surface area (Å²) < 4.78 is 0. The minimum Gasteiger partial charge on any atom is -0.390 e. The van der Waals surface area contributed by atoms with Gasteiger partial charge in [0.05, 0.1) is 12.1 Å². The highest BCUT2D eigenvalue weighted by Crippen LogP contribution is 2.61. The molecule has 0 saturated heterocycles. The fourth-order valence-corrected chi connectivity index (χ4v) is 6.89. The zero-order chi connectivity index (χ0) is 22.0. The lowest BCUT2D eigenvalue weighted by Gasteiger charge is -2.53. The fraction of sp³-hybridized carbons (Fsp3) is 0.654. The van der Waals surface area contributed by atoms with E-state index in [0.29, 0.717) is 11.8 Å². The molecule has 5 heteroatoms. The van der Waals surface area contributed by atoms with Crippen molar-refractivity contribution in [3.8, 4) is 0 Å². The number of fused-ring (bicyclic) bond motifs is 4. The van der Waals surface area contributed by atoms with Gasteiger partial charge in [-0.15, -0.1) is 10.2 Å². The summed E-state index contributed by atoms with van der Waals surface area (Å²) in [5, 5.41) is 23.6. The summed E-state index contributed by atoms with van der Waals surface area (Å²) in [4.78, 5) is 1.72. The predicted molar refractivity (Wildman–Crippen MR) is 122 cm³/mol. The number of nitrogens with zero attached hydrogens (tertiary/aromatic N) is 4. The molecule has 0 aliphatic heterocycles. The van der Waals surface area contributed by atoms with Crippen LogP contribution in [0.2, 0.25) is 0 Å². The Bertz CT molecular complexity index is 1030. The van der Waals surface area contributed by atoms with Crippen molar-refractivity contribution in [1.82, 2.24) is 20.2 Å². The predicted octanol–water partition coefficient (Wildman–Crippen LogP) is 5.10. The molecule has 1 aromatic heterocycles. The van der Waals surface area contributed by atoms with Gasteiger partial charge in [-0.25, -0.2) is 0 Å². The van der Waals surface area contributed by atoms with Crippen LogP contribution in [-0.4, -0.2) is 30.9 Å². The van der Waals surface area contributed by atoms with Crippen LogP contribution in [-0.2, 0) is 6.54 Å². The maximum Gasteiger partial charge on any atom is 0.171 e. The highest BCUT2D eigenvalue weighted by molar-refractivity contribution is 5.62. The average Bonchev–Trinajstić information content (AvgIpc) is 3.31. The lowest BCUT2D eigenvalue weighted by atomic mass is 9.52. The van der Waals surface area contributed by atoms with Gasteiger partial charge in [-0.05, 0) is 91.6 Å². The second-order valence-corrected chi connectivity index (χ2v) is 10.9. The summed E-state index contributed by atoms with van der Waals surface area (Å²) in [6.45, 7) is 11.9. The summed E-state index contributed by atoms with van der Waals surface area (Å²) >= 11 is 0. The summed E-state index contributed by atoms with van der Waals surface area (Å²) in [7, 11) is 0. The maximum atomic E-state index is 11.0. The van der Waals surface area contributed by atoms with Crippen LogP contribution >= 0.6 is 0 Å². The smallest absolute Gasteiger partial charge is 0.171 e. The molecule has 1 fully saturated rings. The Balaban J connectivity index is 1.42. The minimum atomic E-state index is -0.459. The van der Waals surface area contributed by atoms with E-state index in [1.54, 1.807) is 15.9 Å². The fourth-order valence-electron chi connectivity index (χ4n) is 6.89. The molecular formula is C26H36N4O. The van der Waals surface area contributed by atoms with Crippen molar-refractivity contribution < 1.29 is 5.11 Å². The van der Waals surface area contributed by atoms with Crippen molar-refractivity contribution in [2.45, 2.75) is 85.3 Å². The van der Waals surface area contributed by atoms with E-state index in [-0.39, 0.29) is 10.8 Å². The molecule has 0 radical (unpaired) electrons. The van der Waals surface area contributed by atoms with Gasteiger partial charge in [-0.3, -0.25) is 0 Å². The molecule has 0 aromatic carbocycles. The van der Waals surface area contributed by atoms with Crippen LogP contribution in [0, 0.1) is 29.6 Å². The van der Waals surface area contributed by atoms with Crippen LogP contribution in [0.1, 0.15) is 72.0 Å². The van der Waals surface area contributed by atoms with Crippen molar-refractivity contribution in [2.75, 3.05) is 0 Å². The third kappa shape index (κ3) is 3.11. The van der Waals surface area contributed by atoms with Gasteiger partial charge in [-0.1, -0.05) is 50.6 Å². The highest BCUT2D eigenvalue weighted by atomic mass is 16.3. The third-order valence-electron chi connectivity index (χ3n) is 9.00. The van der Waals surface area contributed by atoms with Crippen molar-refractivity contribution >= 4 is 0 Å². The first kappa shape index (κ1) is 20.9. The number of allylic oxidation sites excluding steroid dienone is 8. The maximum absolute atomic E-state index is 11.0. The SMILES string of the molecule is CC[C@@]1(O)CC[C@]2(C)C3=C(CC[C@H]2C1)C1=CC=C(C(C)Cn2nnc(C)n2)[C@]1(C)C=C3. The number of rotatable bonds is 4. The number of hydrogen-bond acceptors (Lipinski definition) is 4. The van der Waals surface area contributed by atoms with Gasteiger partial charge in [0.15, 0.2) is 5.82 Å². The molecular weight excluding hydrogens is 384 g/mol. The van der Waals surface area contributed by atoms with Gasteiger partial charge >= 0.3 is 0 Å². The lowest BCUT2D eigenvalue weighted by Crippen LogP contribution is -2.47. The molecule has 0 spiro atoms. The summed E-state index contributed by atoms with van der Waals surface area (Å²) in [5.41, 5.74) is 5.72. The molecule has 4 aliphatic rings. The molecule has 5 nitrogen and oxygen atoms in total. The molecule has 4 aliphatic carbocycles. The van der Waals surface area contributed by atoms with Crippen LogP contribution in [0.4, 0.5) is 0 Å². The number of tetrazole rings is 1. The molecule has 1 heterocycles. The Morgan fingerprint density at radius 1 is 1.26 bits per heavy atom. The summed E-state index contributed by atoms with van der Waals surface area (Å²) in [5.74, 6) is 1.63. The van der Waals surface area contributed by atoms with Crippen LogP contribution in [0.3, 0.4) is 0 Å². The summed E-state index contributed by atoms with van der Waals surface area (Å²) in [6, 6.07) is 0. The van der Waals surface area contributed by atoms with Crippen molar-refractivity contribution in [1.29, 1.82) is 0 Å². The number of aliphatic hydroxyl groups is 1. The molecule has 5 rings (SSSR count). The molecule has 1 aromatic rings. The van der Waals surface area contributed by atoms with Crippen molar-refractivity contribution in [3.63, 3.8) is 0 Å². The second kappa shape index (κ2) is 6.99. The van der Waals surface area contributed by atoms with Crippen LogP contribution in [0.25, 0.3) is 0 Å². The second-order valence-electron chi connectivity index (χ2n) is 10.9. The number of hydrogen-bond donors (Lipinski definition) is 1. The number of aromatic nitrogens is 4. The van der Waals surface area contributed by atoms with Gasteiger partial charge < -0.3 is 5.11 Å². The van der Waals surface area contributed by atoms with E-state index in [1.165, 1.54) is 17.6 Å². The first-order chi connectivity index (χ1) is 14.7. The molecule has 5 atom stereocenters. The van der Waals surface area contributed by atoms with Gasteiger partial charge in [-0.2, -0.15) is 4.80 Å². The number of aryl methyl sites for hydroxylation is 1. The molecule has 1 saturated carbocycles. The van der Waals surface area contributed by atoms with E-state index in [4.69, 9.17) is 0 Å². The molecule has 0 bridgehead atoms. The van der Waals surface area contributed by atoms with E-state index >= 15 is 0 Å². The molecule has 1 N–H and O–H groups in total. The molecule has 166 valence electrons. The zero-order valence-corrected chi connectivity index (χ0v) is 19.6. The largest absolute Gasteiger partial charge is 0.390 e. The standard InChI is InChI=1S/C26H36N4O/c1-6-26(31)14-13-24(4)19(15-26)7-8-20-22-10-9-21(25(22,5)12-11-23(20)24)17(2)16-30-28-18(3)27-29-30/h9-12,17,19,31H,6-8,13-16H2,1-5H3/t17?,19-,24-,25-,26+/m0/s1. The van der Waals surface area contributed by atoms with E-state index < -0.39 is 5.60 Å². The Hall–Kier alpha value is -2.01. The Morgan fingerprint density at radius 2 is 2.06 bits per heavy atom. The van der Waals surface area contributed by atoms with Crippen LogP contribution in [0.15, 0.2) is 46.6 Å². The Kier molecular flexibility index (Phi) is 4.71. The van der Waals surface area contributed by atoms with Crippen molar-refractivity contribution in [3.05, 3.63) is 52.4 Å². The molecule has 1 unspecified atom stereocenters. The van der Waals surface area contributed by atoms with E-state index in [1.807, 2.05) is 6.92 Å². The molecule has 0 amide bonds. The minimum absolute atomic E-state index is 0.0457. The van der Waals surface area contributed by atoms with Crippen molar-refractivity contribution in [2.24, 2.45) is 22.7 Å². The highest BCUT2D eigenvalue weighted by Gasteiger charge is 2.51. The first-order valence-electron chi connectivity index (χ1n) is 12.0. The molecule has 31 heavy (non-hydrogen) atoms. The Labute approximate surface area is 186 Å². The topological polar surface area (TPSA) is 63.8 Å². The zero-order valence-electron chi connectivity index (χ0n) is 19.6. The van der Waals surface area contributed by atoms with Gasteiger partial charge in [0, 0.05) is 5.41 Å². The average molecular weight is 421 g/mol. The summed E-state index contributed by atoms with van der Waals surface area (Å²) in [6.07, 6.45) is 15.7. The quantitative estimate of drug-likeness (QED) is 0.736. The lowest BCUT2D eigenvalue weighted by molar-refractivity contribution is -0.0597. The van der Waals surface area contributed by atoms with Crippen LogP contribution in [0.5, 0.6) is 0 Å².